The SMILES string of the molecule is CNC(=O)[C@@H](c1ccccc1)N(Cc1ccc(OC)cc1)C(=O)Cc1ccc(Cl)cc1. The molecule has 0 radical (unpaired) electrons. The highest BCUT2D eigenvalue weighted by Crippen LogP contribution is 2.25. The van der Waals surface area contributed by atoms with Gasteiger partial charge in [0.15, 0.2) is 0 Å². The number of carbonyl (C=O) groups is 2. The Hall–Kier alpha value is -3.31. The number of rotatable bonds is 8. The number of halogens is 1. The first-order valence-corrected chi connectivity index (χ1v) is 10.3. The molecular formula is C25H25ClN2O3. The molecule has 0 fully saturated rings. The Labute approximate surface area is 187 Å². The number of carbonyl (C=O) groups excluding carboxylic acids is 2. The van der Waals surface area contributed by atoms with E-state index in [0.717, 1.165) is 22.4 Å². The van der Waals surface area contributed by atoms with Gasteiger partial charge in [-0.15, -0.1) is 0 Å². The van der Waals surface area contributed by atoms with Crippen LogP contribution in [0.2, 0.25) is 5.02 Å². The second kappa shape index (κ2) is 10.6. The van der Waals surface area contributed by atoms with Crippen molar-refractivity contribution in [2.75, 3.05) is 14.2 Å². The van der Waals surface area contributed by atoms with Crippen molar-refractivity contribution in [1.82, 2.24) is 10.2 Å². The van der Waals surface area contributed by atoms with E-state index in [1.165, 1.54) is 0 Å². The molecule has 5 nitrogen and oxygen atoms in total. The van der Waals surface area contributed by atoms with Crippen molar-refractivity contribution < 1.29 is 14.3 Å². The third-order valence-electron chi connectivity index (χ3n) is 5.02. The maximum absolute atomic E-state index is 13.4. The van der Waals surface area contributed by atoms with Crippen LogP contribution in [0.4, 0.5) is 0 Å². The summed E-state index contributed by atoms with van der Waals surface area (Å²) in [6, 6.07) is 23.2. The molecule has 0 aliphatic rings. The minimum absolute atomic E-state index is 0.157. The average Bonchev–Trinajstić information content (AvgIpc) is 2.81. The molecule has 0 unspecified atom stereocenters. The number of amides is 2. The first-order valence-electron chi connectivity index (χ1n) is 9.95. The molecule has 1 atom stereocenters. The fraction of sp³-hybridized carbons (Fsp3) is 0.200. The van der Waals surface area contributed by atoms with Crippen molar-refractivity contribution in [2.45, 2.75) is 19.0 Å². The van der Waals surface area contributed by atoms with Crippen LogP contribution in [0.15, 0.2) is 78.9 Å². The maximum atomic E-state index is 13.4. The molecule has 0 aliphatic heterocycles. The van der Waals surface area contributed by atoms with Crippen LogP contribution in [0, 0.1) is 0 Å². The van der Waals surface area contributed by atoms with E-state index in [1.54, 1.807) is 31.2 Å². The molecule has 0 bridgehead atoms. The second-order valence-corrected chi connectivity index (χ2v) is 7.54. The standard InChI is InChI=1S/C25H25ClN2O3/c1-27-25(30)24(20-6-4-3-5-7-20)28(17-19-10-14-22(31-2)15-11-19)23(29)16-18-8-12-21(26)13-9-18/h3-15,24H,16-17H2,1-2H3,(H,27,30)/t24-/m1/s1. The monoisotopic (exact) mass is 436 g/mol. The molecule has 0 saturated heterocycles. The van der Waals surface area contributed by atoms with Gasteiger partial charge in [0.05, 0.1) is 13.5 Å². The van der Waals surface area contributed by atoms with Crippen LogP contribution in [0.5, 0.6) is 5.75 Å². The van der Waals surface area contributed by atoms with Gasteiger partial charge in [-0.3, -0.25) is 9.59 Å². The Bertz CT molecular complexity index is 1010. The van der Waals surface area contributed by atoms with Gasteiger partial charge >= 0.3 is 0 Å². The number of likely N-dealkylation sites (N-methyl/N-ethyl adjacent to an activating group) is 1. The van der Waals surface area contributed by atoms with Gasteiger partial charge in [0.25, 0.3) is 0 Å². The molecule has 0 spiro atoms. The topological polar surface area (TPSA) is 58.6 Å². The number of nitrogens with one attached hydrogen (secondary N) is 1. The zero-order valence-electron chi connectivity index (χ0n) is 17.5. The molecular weight excluding hydrogens is 412 g/mol. The largest absolute Gasteiger partial charge is 0.497 e. The Kier molecular flexibility index (Phi) is 7.68. The molecule has 1 N–H and O–H groups in total. The summed E-state index contributed by atoms with van der Waals surface area (Å²) in [6.45, 7) is 0.281. The summed E-state index contributed by atoms with van der Waals surface area (Å²) in [4.78, 5) is 28.0. The Balaban J connectivity index is 1.96. The molecule has 0 heterocycles. The van der Waals surface area contributed by atoms with Gasteiger partial charge in [0.1, 0.15) is 11.8 Å². The minimum atomic E-state index is -0.756. The smallest absolute Gasteiger partial charge is 0.247 e. The predicted molar refractivity (Wildman–Crippen MR) is 122 cm³/mol. The molecule has 31 heavy (non-hydrogen) atoms. The van der Waals surface area contributed by atoms with Gasteiger partial charge in [0.2, 0.25) is 11.8 Å². The van der Waals surface area contributed by atoms with E-state index in [9.17, 15) is 9.59 Å². The van der Waals surface area contributed by atoms with Crippen molar-refractivity contribution in [3.05, 3.63) is 101 Å². The summed E-state index contributed by atoms with van der Waals surface area (Å²) >= 11 is 5.98. The van der Waals surface area contributed by atoms with Crippen molar-refractivity contribution >= 4 is 23.4 Å². The van der Waals surface area contributed by atoms with Crippen LogP contribution in [0.1, 0.15) is 22.7 Å². The molecule has 3 aromatic carbocycles. The summed E-state index contributed by atoms with van der Waals surface area (Å²) in [5, 5.41) is 3.31. The van der Waals surface area contributed by atoms with E-state index in [0.29, 0.717) is 5.02 Å². The van der Waals surface area contributed by atoms with E-state index < -0.39 is 6.04 Å². The molecule has 0 saturated carbocycles. The maximum Gasteiger partial charge on any atom is 0.247 e. The van der Waals surface area contributed by atoms with Crippen LogP contribution in [-0.4, -0.2) is 30.9 Å². The normalized spacial score (nSPS) is 11.5. The summed E-state index contributed by atoms with van der Waals surface area (Å²) in [5.74, 6) is 0.327. The minimum Gasteiger partial charge on any atom is -0.497 e. The molecule has 0 aromatic heterocycles. The van der Waals surface area contributed by atoms with E-state index in [1.807, 2.05) is 66.7 Å². The lowest BCUT2D eigenvalue weighted by Gasteiger charge is -2.31. The number of nitrogens with zero attached hydrogens (tertiary/aromatic N) is 1. The quantitative estimate of drug-likeness (QED) is 0.569. The molecule has 0 aliphatic carbocycles. The molecule has 3 rings (SSSR count). The Morgan fingerprint density at radius 1 is 0.935 bits per heavy atom. The highest BCUT2D eigenvalue weighted by molar-refractivity contribution is 6.30. The van der Waals surface area contributed by atoms with Crippen LogP contribution >= 0.6 is 11.6 Å². The first-order chi connectivity index (χ1) is 15.0. The lowest BCUT2D eigenvalue weighted by molar-refractivity contribution is -0.141. The van der Waals surface area contributed by atoms with Crippen molar-refractivity contribution in [3.8, 4) is 5.75 Å². The van der Waals surface area contributed by atoms with Crippen molar-refractivity contribution in [1.29, 1.82) is 0 Å². The lowest BCUT2D eigenvalue weighted by atomic mass is 10.0. The third-order valence-corrected chi connectivity index (χ3v) is 5.27. The summed E-state index contributed by atoms with van der Waals surface area (Å²) in [5.41, 5.74) is 2.48. The van der Waals surface area contributed by atoms with E-state index >= 15 is 0 Å². The number of hydrogen-bond donors (Lipinski definition) is 1. The fourth-order valence-electron chi connectivity index (χ4n) is 3.37. The van der Waals surface area contributed by atoms with Crippen molar-refractivity contribution in [3.63, 3.8) is 0 Å². The highest BCUT2D eigenvalue weighted by atomic mass is 35.5. The van der Waals surface area contributed by atoms with Gasteiger partial charge in [-0.2, -0.15) is 0 Å². The Morgan fingerprint density at radius 2 is 1.55 bits per heavy atom. The van der Waals surface area contributed by atoms with Gasteiger partial charge in [-0.25, -0.2) is 0 Å². The molecule has 2 amide bonds. The molecule has 160 valence electrons. The Morgan fingerprint density at radius 3 is 2.13 bits per heavy atom. The number of benzene rings is 3. The second-order valence-electron chi connectivity index (χ2n) is 7.10. The molecule has 6 heteroatoms. The lowest BCUT2D eigenvalue weighted by Crippen LogP contribution is -2.43. The van der Waals surface area contributed by atoms with E-state index in [4.69, 9.17) is 16.3 Å². The summed E-state index contributed by atoms with van der Waals surface area (Å²) < 4.78 is 5.23. The first kappa shape index (κ1) is 22.4. The predicted octanol–water partition coefficient (Wildman–Crippen LogP) is 4.41. The van der Waals surface area contributed by atoms with E-state index in [2.05, 4.69) is 5.32 Å². The van der Waals surface area contributed by atoms with Gasteiger partial charge < -0.3 is 15.0 Å². The van der Waals surface area contributed by atoms with Crippen LogP contribution in [0.3, 0.4) is 0 Å². The van der Waals surface area contributed by atoms with Crippen LogP contribution in [-0.2, 0) is 22.6 Å². The highest BCUT2D eigenvalue weighted by Gasteiger charge is 2.30. The van der Waals surface area contributed by atoms with Gasteiger partial charge in [-0.05, 0) is 41.0 Å². The molecule has 3 aromatic rings. The van der Waals surface area contributed by atoms with Crippen molar-refractivity contribution in [2.24, 2.45) is 0 Å². The zero-order chi connectivity index (χ0) is 22.2. The number of ether oxygens (including phenoxy) is 1. The van der Waals surface area contributed by atoms with Gasteiger partial charge in [0, 0.05) is 18.6 Å². The summed E-state index contributed by atoms with van der Waals surface area (Å²) in [7, 11) is 3.18. The van der Waals surface area contributed by atoms with Crippen LogP contribution < -0.4 is 10.1 Å². The number of methoxy groups -OCH3 is 1. The average molecular weight is 437 g/mol. The van der Waals surface area contributed by atoms with E-state index in [-0.39, 0.29) is 24.8 Å². The summed E-state index contributed by atoms with van der Waals surface area (Å²) in [6.07, 6.45) is 0.160. The van der Waals surface area contributed by atoms with Crippen LogP contribution in [0.25, 0.3) is 0 Å². The number of hydrogen-bond acceptors (Lipinski definition) is 3. The third kappa shape index (κ3) is 5.86. The van der Waals surface area contributed by atoms with Gasteiger partial charge in [-0.1, -0.05) is 66.2 Å². The zero-order valence-corrected chi connectivity index (χ0v) is 18.3. The fourth-order valence-corrected chi connectivity index (χ4v) is 3.50.